The second kappa shape index (κ2) is 7.77. The third-order valence-corrected chi connectivity index (χ3v) is 5.35. The van der Waals surface area contributed by atoms with E-state index in [1.165, 1.54) is 32.1 Å². The van der Waals surface area contributed by atoms with Gasteiger partial charge in [-0.1, -0.05) is 32.1 Å². The van der Waals surface area contributed by atoms with Gasteiger partial charge in [0.2, 0.25) is 5.91 Å². The molecule has 1 heterocycles. The second-order valence-corrected chi connectivity index (χ2v) is 7.61. The fourth-order valence-corrected chi connectivity index (χ4v) is 4.08. The summed E-state index contributed by atoms with van der Waals surface area (Å²) >= 11 is 1.68. The molecule has 0 atom stereocenters. The van der Waals surface area contributed by atoms with Crippen LogP contribution in [0.2, 0.25) is 0 Å². The van der Waals surface area contributed by atoms with Crippen molar-refractivity contribution in [1.82, 2.24) is 10.3 Å². The molecule has 1 saturated carbocycles. The van der Waals surface area contributed by atoms with Crippen molar-refractivity contribution in [3.63, 3.8) is 0 Å². The van der Waals surface area contributed by atoms with Crippen LogP contribution in [0.4, 0.5) is 5.69 Å². The Morgan fingerprint density at radius 3 is 2.74 bits per heavy atom. The average Bonchev–Trinajstić information content (AvgIpc) is 2.87. The summed E-state index contributed by atoms with van der Waals surface area (Å²) in [5.74, 6) is 0.0937. The van der Waals surface area contributed by atoms with Crippen molar-refractivity contribution in [2.45, 2.75) is 57.9 Å². The van der Waals surface area contributed by atoms with Gasteiger partial charge in [-0.2, -0.15) is 0 Å². The molecule has 4 nitrogen and oxygen atoms in total. The minimum Gasteiger partial charge on any atom is -0.376 e. The minimum absolute atomic E-state index is 0.0937. The summed E-state index contributed by atoms with van der Waals surface area (Å²) < 4.78 is 1.16. The standard InChI is InChI=1S/C18H25N3OS/c1-13-20-16-10-9-15(11-17(16)23-13)19-12-18(22)21-14-7-5-3-2-4-6-8-14/h9-11,14,19H,2-8,12H2,1H3,(H,21,22). The summed E-state index contributed by atoms with van der Waals surface area (Å²) in [6, 6.07) is 6.43. The average molecular weight is 331 g/mol. The zero-order valence-corrected chi connectivity index (χ0v) is 14.5. The van der Waals surface area contributed by atoms with Gasteiger partial charge >= 0.3 is 0 Å². The van der Waals surface area contributed by atoms with E-state index in [9.17, 15) is 4.79 Å². The van der Waals surface area contributed by atoms with Crippen LogP contribution in [0.1, 0.15) is 50.0 Å². The van der Waals surface area contributed by atoms with E-state index in [1.807, 2.05) is 19.1 Å². The summed E-state index contributed by atoms with van der Waals surface area (Å²) in [5.41, 5.74) is 2.01. The van der Waals surface area contributed by atoms with Crippen molar-refractivity contribution in [3.8, 4) is 0 Å². The molecule has 0 radical (unpaired) electrons. The van der Waals surface area contributed by atoms with E-state index < -0.39 is 0 Å². The molecular formula is C18H25N3OS. The number of amides is 1. The van der Waals surface area contributed by atoms with Crippen molar-refractivity contribution >= 4 is 33.1 Å². The molecule has 23 heavy (non-hydrogen) atoms. The Hall–Kier alpha value is -1.62. The molecule has 1 aliphatic carbocycles. The van der Waals surface area contributed by atoms with Gasteiger partial charge in [-0.3, -0.25) is 4.79 Å². The fourth-order valence-electron chi connectivity index (χ4n) is 3.21. The lowest BCUT2D eigenvalue weighted by molar-refractivity contribution is -0.120. The molecule has 0 unspecified atom stereocenters. The van der Waals surface area contributed by atoms with E-state index in [2.05, 4.69) is 21.7 Å². The SMILES string of the molecule is Cc1nc2ccc(NCC(=O)NC3CCCCCCC3)cc2s1. The molecule has 1 aliphatic rings. The number of hydrogen-bond acceptors (Lipinski definition) is 4. The number of aryl methyl sites for hydroxylation is 1. The first kappa shape index (κ1) is 16.2. The molecule has 1 amide bonds. The molecule has 2 aromatic rings. The second-order valence-electron chi connectivity index (χ2n) is 6.38. The number of nitrogens with one attached hydrogen (secondary N) is 2. The van der Waals surface area contributed by atoms with Gasteiger partial charge in [-0.15, -0.1) is 11.3 Å². The summed E-state index contributed by atoms with van der Waals surface area (Å²) in [7, 11) is 0. The normalized spacial score (nSPS) is 16.7. The Morgan fingerprint density at radius 1 is 1.22 bits per heavy atom. The highest BCUT2D eigenvalue weighted by Gasteiger charge is 2.13. The molecule has 124 valence electrons. The van der Waals surface area contributed by atoms with Crippen LogP contribution in [-0.2, 0) is 4.79 Å². The number of thiazole rings is 1. The first-order valence-electron chi connectivity index (χ1n) is 8.61. The van der Waals surface area contributed by atoms with Gasteiger partial charge < -0.3 is 10.6 Å². The minimum atomic E-state index is 0.0937. The Labute approximate surface area is 141 Å². The van der Waals surface area contributed by atoms with Crippen molar-refractivity contribution in [2.24, 2.45) is 0 Å². The zero-order valence-electron chi connectivity index (χ0n) is 13.7. The Morgan fingerprint density at radius 2 is 1.96 bits per heavy atom. The molecule has 0 saturated heterocycles. The van der Waals surface area contributed by atoms with Crippen LogP contribution < -0.4 is 10.6 Å². The van der Waals surface area contributed by atoms with Crippen LogP contribution in [-0.4, -0.2) is 23.5 Å². The molecule has 5 heteroatoms. The number of benzene rings is 1. The van der Waals surface area contributed by atoms with Gasteiger partial charge in [0.1, 0.15) is 0 Å². The number of hydrogen-bond donors (Lipinski definition) is 2. The Bertz CT molecular complexity index is 659. The molecule has 1 aromatic carbocycles. The van der Waals surface area contributed by atoms with Crippen LogP contribution in [0, 0.1) is 6.92 Å². The first-order chi connectivity index (χ1) is 11.2. The van der Waals surface area contributed by atoms with Crippen molar-refractivity contribution < 1.29 is 4.79 Å². The molecule has 1 fully saturated rings. The highest BCUT2D eigenvalue weighted by molar-refractivity contribution is 7.18. The highest BCUT2D eigenvalue weighted by atomic mass is 32.1. The smallest absolute Gasteiger partial charge is 0.239 e. The predicted octanol–water partition coefficient (Wildman–Crippen LogP) is 4.25. The van der Waals surface area contributed by atoms with Gasteiger partial charge in [-0.25, -0.2) is 4.98 Å². The van der Waals surface area contributed by atoms with E-state index in [0.29, 0.717) is 12.6 Å². The summed E-state index contributed by atoms with van der Waals surface area (Å²) in [5, 5.41) is 7.49. The van der Waals surface area contributed by atoms with Gasteiger partial charge in [0, 0.05) is 11.7 Å². The molecule has 0 aliphatic heterocycles. The molecule has 3 rings (SSSR count). The van der Waals surface area contributed by atoms with Crippen LogP contribution >= 0.6 is 11.3 Å². The van der Waals surface area contributed by atoms with Crippen LogP contribution in [0.5, 0.6) is 0 Å². The quantitative estimate of drug-likeness (QED) is 0.881. The first-order valence-corrected chi connectivity index (χ1v) is 9.43. The number of fused-ring (bicyclic) bond motifs is 1. The van der Waals surface area contributed by atoms with Gasteiger partial charge in [0.15, 0.2) is 0 Å². The van der Waals surface area contributed by atoms with Crippen molar-refractivity contribution in [3.05, 3.63) is 23.2 Å². The van der Waals surface area contributed by atoms with Gasteiger partial charge in [-0.05, 0) is 38.0 Å². The number of aromatic nitrogens is 1. The maximum absolute atomic E-state index is 12.2. The van der Waals surface area contributed by atoms with E-state index in [1.54, 1.807) is 11.3 Å². The summed E-state index contributed by atoms with van der Waals surface area (Å²) in [6.07, 6.45) is 8.68. The molecular weight excluding hydrogens is 306 g/mol. The number of carbonyl (C=O) groups excluding carboxylic acids is 1. The maximum atomic E-state index is 12.2. The lowest BCUT2D eigenvalue weighted by Crippen LogP contribution is -2.38. The van der Waals surface area contributed by atoms with Crippen LogP contribution in [0.3, 0.4) is 0 Å². The monoisotopic (exact) mass is 331 g/mol. The molecule has 0 spiro atoms. The molecule has 2 N–H and O–H groups in total. The van der Waals surface area contributed by atoms with Crippen molar-refractivity contribution in [1.29, 1.82) is 0 Å². The van der Waals surface area contributed by atoms with Crippen molar-refractivity contribution in [2.75, 3.05) is 11.9 Å². The van der Waals surface area contributed by atoms with E-state index in [-0.39, 0.29) is 5.91 Å². The lowest BCUT2D eigenvalue weighted by atomic mass is 9.97. The molecule has 0 bridgehead atoms. The zero-order chi connectivity index (χ0) is 16.1. The Balaban J connectivity index is 1.50. The van der Waals surface area contributed by atoms with Gasteiger partial charge in [0.05, 0.1) is 21.8 Å². The summed E-state index contributed by atoms with van der Waals surface area (Å²) in [4.78, 5) is 16.6. The topological polar surface area (TPSA) is 54.0 Å². The number of anilines is 1. The Kier molecular flexibility index (Phi) is 5.49. The predicted molar refractivity (Wildman–Crippen MR) is 97.1 cm³/mol. The van der Waals surface area contributed by atoms with E-state index >= 15 is 0 Å². The van der Waals surface area contributed by atoms with Crippen LogP contribution in [0.25, 0.3) is 10.2 Å². The largest absolute Gasteiger partial charge is 0.376 e. The van der Waals surface area contributed by atoms with Crippen LogP contribution in [0.15, 0.2) is 18.2 Å². The lowest BCUT2D eigenvalue weighted by Gasteiger charge is -2.21. The maximum Gasteiger partial charge on any atom is 0.239 e. The number of nitrogens with zero attached hydrogens (tertiary/aromatic N) is 1. The number of carbonyl (C=O) groups is 1. The summed E-state index contributed by atoms with van der Waals surface area (Å²) in [6.45, 7) is 2.35. The third kappa shape index (κ3) is 4.67. The van der Waals surface area contributed by atoms with E-state index in [4.69, 9.17) is 0 Å². The molecule has 1 aromatic heterocycles. The third-order valence-electron chi connectivity index (χ3n) is 4.42. The fraction of sp³-hybridized carbons (Fsp3) is 0.556. The van der Waals surface area contributed by atoms with Gasteiger partial charge in [0.25, 0.3) is 0 Å². The number of rotatable bonds is 4. The highest BCUT2D eigenvalue weighted by Crippen LogP contribution is 2.24. The van der Waals surface area contributed by atoms with E-state index in [0.717, 1.165) is 33.8 Å².